The van der Waals surface area contributed by atoms with Crippen LogP contribution in [0.3, 0.4) is 0 Å². The average Bonchev–Trinajstić information content (AvgIpc) is 3.13. The van der Waals surface area contributed by atoms with Crippen LogP contribution in [0.5, 0.6) is 0 Å². The fraction of sp³-hybridized carbons (Fsp3) is 0.200. The first-order valence-electron chi connectivity index (χ1n) is 6.94. The van der Waals surface area contributed by atoms with Gasteiger partial charge in [0.25, 0.3) is 0 Å². The molecule has 0 bridgehead atoms. The number of aromatic amines is 2. The number of nitrogens with zero attached hydrogens (tertiary/aromatic N) is 2. The van der Waals surface area contributed by atoms with Crippen molar-refractivity contribution in [2.24, 2.45) is 0 Å². The molecule has 0 saturated carbocycles. The van der Waals surface area contributed by atoms with Crippen molar-refractivity contribution in [3.63, 3.8) is 0 Å². The fourth-order valence-electron chi connectivity index (χ4n) is 2.86. The van der Waals surface area contributed by atoms with Crippen LogP contribution in [0.4, 0.5) is 10.5 Å². The van der Waals surface area contributed by atoms with E-state index < -0.39 is 0 Å². The number of H-pyrrole nitrogens is 2. The number of para-hydroxylation sites is 1. The molecule has 4 rings (SSSR count). The van der Waals surface area contributed by atoms with Gasteiger partial charge < -0.3 is 15.2 Å². The molecule has 3 aromatic rings. The van der Waals surface area contributed by atoms with E-state index in [4.69, 9.17) is 0 Å². The minimum absolute atomic E-state index is 0.0904. The lowest BCUT2D eigenvalue weighted by Crippen LogP contribution is -2.38. The SMILES string of the molecule is O=C(Nc1cn[nH]c1)N1CCc2[nH]c3ccccc3c2C1. The molecule has 2 amide bonds. The monoisotopic (exact) mass is 281 g/mol. The Hall–Kier alpha value is -2.76. The van der Waals surface area contributed by atoms with Gasteiger partial charge in [-0.25, -0.2) is 4.79 Å². The maximum Gasteiger partial charge on any atom is 0.322 e. The predicted molar refractivity (Wildman–Crippen MR) is 80.0 cm³/mol. The lowest BCUT2D eigenvalue weighted by molar-refractivity contribution is 0.206. The molecule has 106 valence electrons. The minimum Gasteiger partial charge on any atom is -0.358 e. The third-order valence-corrected chi connectivity index (χ3v) is 3.92. The van der Waals surface area contributed by atoms with E-state index >= 15 is 0 Å². The summed E-state index contributed by atoms with van der Waals surface area (Å²) in [6.45, 7) is 1.34. The molecular formula is C15H15N5O. The van der Waals surface area contributed by atoms with E-state index in [0.29, 0.717) is 18.8 Å². The van der Waals surface area contributed by atoms with E-state index in [-0.39, 0.29) is 6.03 Å². The van der Waals surface area contributed by atoms with Crippen LogP contribution in [-0.2, 0) is 13.0 Å². The van der Waals surface area contributed by atoms with Crippen molar-refractivity contribution < 1.29 is 4.79 Å². The topological polar surface area (TPSA) is 76.8 Å². The van der Waals surface area contributed by atoms with Gasteiger partial charge in [-0.15, -0.1) is 0 Å². The first kappa shape index (κ1) is 12.0. The molecule has 2 aromatic heterocycles. The number of rotatable bonds is 1. The zero-order valence-electron chi connectivity index (χ0n) is 11.4. The number of hydrogen-bond donors (Lipinski definition) is 3. The molecule has 1 aliphatic heterocycles. The van der Waals surface area contributed by atoms with Crippen LogP contribution in [0.1, 0.15) is 11.3 Å². The van der Waals surface area contributed by atoms with Crippen LogP contribution in [-0.4, -0.2) is 32.7 Å². The van der Waals surface area contributed by atoms with Gasteiger partial charge in [-0.1, -0.05) is 18.2 Å². The number of fused-ring (bicyclic) bond motifs is 3. The third-order valence-electron chi connectivity index (χ3n) is 3.92. The molecule has 0 aliphatic carbocycles. The molecule has 0 unspecified atom stereocenters. The number of amides is 2. The van der Waals surface area contributed by atoms with E-state index in [0.717, 1.165) is 11.9 Å². The summed E-state index contributed by atoms with van der Waals surface area (Å²) in [4.78, 5) is 17.6. The van der Waals surface area contributed by atoms with Crippen molar-refractivity contribution in [2.45, 2.75) is 13.0 Å². The van der Waals surface area contributed by atoms with Crippen LogP contribution in [0.2, 0.25) is 0 Å². The smallest absolute Gasteiger partial charge is 0.322 e. The summed E-state index contributed by atoms with van der Waals surface area (Å²) < 4.78 is 0. The maximum absolute atomic E-state index is 12.3. The summed E-state index contributed by atoms with van der Waals surface area (Å²) in [6.07, 6.45) is 4.11. The first-order chi connectivity index (χ1) is 10.3. The highest BCUT2D eigenvalue weighted by molar-refractivity contribution is 5.90. The van der Waals surface area contributed by atoms with E-state index in [2.05, 4.69) is 32.6 Å². The lowest BCUT2D eigenvalue weighted by atomic mass is 10.0. The van der Waals surface area contributed by atoms with Crippen LogP contribution >= 0.6 is 0 Å². The van der Waals surface area contributed by atoms with Gasteiger partial charge in [0.2, 0.25) is 0 Å². The summed E-state index contributed by atoms with van der Waals surface area (Å²) in [6, 6.07) is 8.13. The Bertz CT molecular complexity index is 790. The highest BCUT2D eigenvalue weighted by Crippen LogP contribution is 2.27. The summed E-state index contributed by atoms with van der Waals surface area (Å²) in [5, 5.41) is 10.6. The first-order valence-corrected chi connectivity index (χ1v) is 6.94. The van der Waals surface area contributed by atoms with Gasteiger partial charge in [-0.3, -0.25) is 5.10 Å². The molecule has 0 saturated heterocycles. The summed E-state index contributed by atoms with van der Waals surface area (Å²) >= 11 is 0. The zero-order chi connectivity index (χ0) is 14.2. The Labute approximate surface area is 121 Å². The van der Waals surface area contributed by atoms with Gasteiger partial charge in [-0.05, 0) is 6.07 Å². The Morgan fingerprint density at radius 2 is 2.24 bits per heavy atom. The number of carbonyl (C=O) groups is 1. The predicted octanol–water partition coefficient (Wildman–Crippen LogP) is 2.48. The molecule has 0 atom stereocenters. The Kier molecular flexibility index (Phi) is 2.67. The van der Waals surface area contributed by atoms with Gasteiger partial charge >= 0.3 is 6.03 Å². The summed E-state index contributed by atoms with van der Waals surface area (Å²) in [5.74, 6) is 0. The second-order valence-corrected chi connectivity index (χ2v) is 5.22. The molecule has 1 aromatic carbocycles. The van der Waals surface area contributed by atoms with Gasteiger partial charge in [0.15, 0.2) is 0 Å². The standard InChI is InChI=1S/C15H15N5O/c21-15(18-10-7-16-17-8-10)20-6-5-14-12(9-20)11-3-1-2-4-13(11)19-14/h1-4,7-8,19H,5-6,9H2,(H,16,17)(H,18,21). The Morgan fingerprint density at radius 1 is 1.33 bits per heavy atom. The number of benzene rings is 1. The molecule has 3 heterocycles. The third kappa shape index (κ3) is 2.05. The highest BCUT2D eigenvalue weighted by Gasteiger charge is 2.23. The molecule has 0 spiro atoms. The maximum atomic E-state index is 12.3. The molecule has 3 N–H and O–H groups in total. The van der Waals surface area contributed by atoms with Crippen LogP contribution in [0, 0.1) is 0 Å². The van der Waals surface area contributed by atoms with Gasteiger partial charge in [-0.2, -0.15) is 5.10 Å². The number of carbonyl (C=O) groups excluding carboxylic acids is 1. The van der Waals surface area contributed by atoms with Crippen molar-refractivity contribution in [2.75, 3.05) is 11.9 Å². The summed E-state index contributed by atoms with van der Waals surface area (Å²) in [7, 11) is 0. The van der Waals surface area contributed by atoms with E-state index in [1.807, 2.05) is 17.0 Å². The number of urea groups is 1. The van der Waals surface area contributed by atoms with Crippen molar-refractivity contribution >= 4 is 22.6 Å². The molecule has 21 heavy (non-hydrogen) atoms. The van der Waals surface area contributed by atoms with Crippen LogP contribution in [0.25, 0.3) is 10.9 Å². The van der Waals surface area contributed by atoms with Crippen molar-refractivity contribution in [3.8, 4) is 0 Å². The zero-order valence-corrected chi connectivity index (χ0v) is 11.4. The van der Waals surface area contributed by atoms with Gasteiger partial charge in [0, 0.05) is 47.9 Å². The number of hydrogen-bond acceptors (Lipinski definition) is 2. The minimum atomic E-state index is -0.0904. The molecule has 0 radical (unpaired) electrons. The quantitative estimate of drug-likeness (QED) is 0.641. The van der Waals surface area contributed by atoms with E-state index in [1.54, 1.807) is 12.4 Å². The molecule has 0 fully saturated rings. The summed E-state index contributed by atoms with van der Waals surface area (Å²) in [5.41, 5.74) is 4.28. The number of nitrogens with one attached hydrogen (secondary N) is 3. The van der Waals surface area contributed by atoms with Crippen molar-refractivity contribution in [3.05, 3.63) is 47.9 Å². The largest absolute Gasteiger partial charge is 0.358 e. The van der Waals surface area contributed by atoms with E-state index in [9.17, 15) is 4.79 Å². The Morgan fingerprint density at radius 3 is 3.10 bits per heavy atom. The molecule has 6 nitrogen and oxygen atoms in total. The molecular weight excluding hydrogens is 266 g/mol. The van der Waals surface area contributed by atoms with Gasteiger partial charge in [0.05, 0.1) is 11.9 Å². The Balaban J connectivity index is 1.59. The number of aromatic nitrogens is 3. The fourth-order valence-corrected chi connectivity index (χ4v) is 2.86. The van der Waals surface area contributed by atoms with E-state index in [1.165, 1.54) is 16.6 Å². The second-order valence-electron chi connectivity index (χ2n) is 5.22. The lowest BCUT2D eigenvalue weighted by Gasteiger charge is -2.27. The average molecular weight is 281 g/mol. The molecule has 6 heteroatoms. The van der Waals surface area contributed by atoms with Crippen LogP contribution in [0.15, 0.2) is 36.7 Å². The molecule has 1 aliphatic rings. The second kappa shape index (κ2) is 4.66. The van der Waals surface area contributed by atoms with Crippen molar-refractivity contribution in [1.29, 1.82) is 0 Å². The van der Waals surface area contributed by atoms with Gasteiger partial charge in [0.1, 0.15) is 0 Å². The van der Waals surface area contributed by atoms with Crippen molar-refractivity contribution in [1.82, 2.24) is 20.1 Å². The highest BCUT2D eigenvalue weighted by atomic mass is 16.2. The normalized spacial score (nSPS) is 14.2. The van der Waals surface area contributed by atoms with Crippen LogP contribution < -0.4 is 5.32 Å². The number of anilines is 1.